The summed E-state index contributed by atoms with van der Waals surface area (Å²) in [6, 6.07) is 14.0. The number of amides is 1. The number of hydrogen-bond acceptors (Lipinski definition) is 4. The van der Waals surface area contributed by atoms with Crippen LogP contribution in [0, 0.1) is 0 Å². The predicted octanol–water partition coefficient (Wildman–Crippen LogP) is 3.26. The molecule has 1 amide bonds. The number of piperidine rings is 1. The Balaban J connectivity index is 1.45. The van der Waals surface area contributed by atoms with Gasteiger partial charge in [-0.3, -0.25) is 4.79 Å². The Morgan fingerprint density at radius 3 is 2.46 bits per heavy atom. The average Bonchev–Trinajstić information content (AvgIpc) is 3.21. The van der Waals surface area contributed by atoms with E-state index in [2.05, 4.69) is 4.98 Å². The van der Waals surface area contributed by atoms with E-state index in [1.807, 2.05) is 30.5 Å². The van der Waals surface area contributed by atoms with E-state index >= 15 is 0 Å². The number of rotatable bonds is 4. The number of nitrogens with one attached hydrogen (secondary N) is 1. The van der Waals surface area contributed by atoms with Gasteiger partial charge in [0.15, 0.2) is 9.84 Å². The molecule has 0 spiro atoms. The average molecular weight is 398 g/mol. The van der Waals surface area contributed by atoms with E-state index in [0.29, 0.717) is 42.1 Å². The topological polar surface area (TPSA) is 79.5 Å². The molecule has 2 aromatic carbocycles. The highest BCUT2D eigenvalue weighted by Gasteiger charge is 2.33. The van der Waals surface area contributed by atoms with Crippen molar-refractivity contribution in [3.8, 4) is 5.75 Å². The van der Waals surface area contributed by atoms with Crippen molar-refractivity contribution >= 4 is 26.6 Å². The maximum absolute atomic E-state index is 12.9. The third-order valence-corrected chi connectivity index (χ3v) is 7.64. The highest BCUT2D eigenvalue weighted by molar-refractivity contribution is 7.92. The van der Waals surface area contributed by atoms with Crippen molar-refractivity contribution in [2.24, 2.45) is 0 Å². The molecule has 1 N–H and O–H groups in total. The summed E-state index contributed by atoms with van der Waals surface area (Å²) in [6.45, 7) is 0.864. The van der Waals surface area contributed by atoms with E-state index in [1.165, 1.54) is 0 Å². The molecule has 0 unspecified atom stereocenters. The van der Waals surface area contributed by atoms with Crippen LogP contribution in [-0.2, 0) is 9.84 Å². The molecule has 1 aromatic heterocycles. The van der Waals surface area contributed by atoms with Crippen LogP contribution in [-0.4, -0.2) is 49.7 Å². The van der Waals surface area contributed by atoms with E-state index in [0.717, 1.165) is 10.9 Å². The molecule has 1 aliphatic rings. The Bertz CT molecular complexity index is 1090. The lowest BCUT2D eigenvalue weighted by molar-refractivity contribution is 0.0726. The van der Waals surface area contributed by atoms with Crippen molar-refractivity contribution in [1.29, 1.82) is 0 Å². The van der Waals surface area contributed by atoms with Gasteiger partial charge < -0.3 is 14.6 Å². The number of H-pyrrole nitrogens is 1. The lowest BCUT2D eigenvalue weighted by atomic mass is 10.1. The maximum Gasteiger partial charge on any atom is 0.253 e. The van der Waals surface area contributed by atoms with Gasteiger partial charge in [-0.05, 0) is 60.7 Å². The fourth-order valence-corrected chi connectivity index (χ4v) is 5.42. The Hall–Kier alpha value is -2.80. The van der Waals surface area contributed by atoms with E-state index in [-0.39, 0.29) is 5.91 Å². The van der Waals surface area contributed by atoms with Crippen LogP contribution in [0.4, 0.5) is 0 Å². The van der Waals surface area contributed by atoms with E-state index in [1.54, 1.807) is 36.3 Å². The van der Waals surface area contributed by atoms with Crippen LogP contribution in [0.2, 0.25) is 0 Å². The summed E-state index contributed by atoms with van der Waals surface area (Å²) in [7, 11) is -1.88. The lowest BCUT2D eigenvalue weighted by Gasteiger charge is -2.31. The van der Waals surface area contributed by atoms with Crippen molar-refractivity contribution < 1.29 is 17.9 Å². The second-order valence-corrected chi connectivity index (χ2v) is 9.22. The van der Waals surface area contributed by atoms with Gasteiger partial charge >= 0.3 is 0 Å². The molecule has 3 aromatic rings. The largest absolute Gasteiger partial charge is 0.497 e. The zero-order chi connectivity index (χ0) is 19.7. The Labute approximate surface area is 164 Å². The third-order valence-electron chi connectivity index (χ3n) is 5.36. The Morgan fingerprint density at radius 1 is 1.07 bits per heavy atom. The number of ether oxygens (including phenoxy) is 1. The monoisotopic (exact) mass is 398 g/mol. The molecule has 1 saturated heterocycles. The molecular formula is C21H22N2O4S. The van der Waals surface area contributed by atoms with Crippen LogP contribution in [0.15, 0.2) is 59.6 Å². The van der Waals surface area contributed by atoms with Crippen molar-refractivity contribution in [2.45, 2.75) is 23.0 Å². The van der Waals surface area contributed by atoms with Gasteiger partial charge in [0.05, 0.1) is 17.3 Å². The smallest absolute Gasteiger partial charge is 0.253 e. The van der Waals surface area contributed by atoms with Gasteiger partial charge in [0.25, 0.3) is 5.91 Å². The summed E-state index contributed by atoms with van der Waals surface area (Å²) in [5, 5.41) is 0.580. The fourth-order valence-electron chi connectivity index (χ4n) is 3.69. The van der Waals surface area contributed by atoms with Gasteiger partial charge in [0.1, 0.15) is 5.75 Å². The molecule has 0 atom stereocenters. The molecule has 0 bridgehead atoms. The highest BCUT2D eigenvalue weighted by atomic mass is 32.2. The van der Waals surface area contributed by atoms with Crippen LogP contribution in [0.1, 0.15) is 23.2 Å². The Kier molecular flexibility index (Phi) is 4.85. The zero-order valence-corrected chi connectivity index (χ0v) is 16.4. The quantitative estimate of drug-likeness (QED) is 0.732. The van der Waals surface area contributed by atoms with Gasteiger partial charge in [-0.1, -0.05) is 6.07 Å². The number of aromatic amines is 1. The normalized spacial score (nSPS) is 15.7. The predicted molar refractivity (Wildman–Crippen MR) is 107 cm³/mol. The molecule has 6 nitrogen and oxygen atoms in total. The minimum Gasteiger partial charge on any atom is -0.497 e. The number of sulfone groups is 1. The summed E-state index contributed by atoms with van der Waals surface area (Å²) >= 11 is 0. The first kappa shape index (κ1) is 18.6. The number of aromatic nitrogens is 1. The van der Waals surface area contributed by atoms with Gasteiger partial charge in [-0.15, -0.1) is 0 Å². The molecule has 146 valence electrons. The first-order valence-electron chi connectivity index (χ1n) is 9.23. The van der Waals surface area contributed by atoms with Crippen molar-refractivity contribution in [1.82, 2.24) is 9.88 Å². The van der Waals surface area contributed by atoms with Crippen molar-refractivity contribution in [2.75, 3.05) is 20.2 Å². The number of fused-ring (bicyclic) bond motifs is 1. The minimum atomic E-state index is -3.42. The van der Waals surface area contributed by atoms with Crippen molar-refractivity contribution in [3.63, 3.8) is 0 Å². The van der Waals surface area contributed by atoms with Gasteiger partial charge in [0, 0.05) is 30.4 Å². The molecule has 0 saturated carbocycles. The first-order valence-corrected chi connectivity index (χ1v) is 10.8. The van der Waals surface area contributed by atoms with Gasteiger partial charge in [0.2, 0.25) is 0 Å². The summed E-state index contributed by atoms with van der Waals surface area (Å²) in [6.07, 6.45) is 2.71. The van der Waals surface area contributed by atoms with Gasteiger partial charge in [-0.2, -0.15) is 0 Å². The molecule has 28 heavy (non-hydrogen) atoms. The third kappa shape index (κ3) is 3.38. The summed E-state index contributed by atoms with van der Waals surface area (Å²) in [4.78, 5) is 18.0. The number of carbonyl (C=O) groups is 1. The maximum atomic E-state index is 12.9. The summed E-state index contributed by atoms with van der Waals surface area (Å²) in [5.74, 6) is 0.565. The first-order chi connectivity index (χ1) is 13.5. The van der Waals surface area contributed by atoms with Crippen LogP contribution in [0.3, 0.4) is 0 Å². The number of likely N-dealkylation sites (tertiary alicyclic amines) is 1. The summed E-state index contributed by atoms with van der Waals surface area (Å²) < 4.78 is 30.9. The molecule has 1 aliphatic heterocycles. The highest BCUT2D eigenvalue weighted by Crippen LogP contribution is 2.27. The second kappa shape index (κ2) is 7.31. The lowest BCUT2D eigenvalue weighted by Crippen LogP contribution is -2.42. The van der Waals surface area contributed by atoms with E-state index < -0.39 is 15.1 Å². The second-order valence-electron chi connectivity index (χ2n) is 6.99. The number of carbonyl (C=O) groups excluding carboxylic acids is 1. The molecule has 4 rings (SSSR count). The molecule has 0 aliphatic carbocycles. The number of benzene rings is 2. The Morgan fingerprint density at radius 2 is 1.79 bits per heavy atom. The van der Waals surface area contributed by atoms with Crippen LogP contribution in [0.25, 0.3) is 10.9 Å². The number of nitrogens with zero attached hydrogens (tertiary/aromatic N) is 1. The fraction of sp³-hybridized carbons (Fsp3) is 0.286. The summed E-state index contributed by atoms with van der Waals surface area (Å²) in [5.41, 5.74) is 1.54. The SMILES string of the molecule is COc1ccc(S(=O)(=O)C2CCN(C(=O)c3ccc4cc[nH]c4c3)CC2)cc1. The van der Waals surface area contributed by atoms with Gasteiger partial charge in [-0.25, -0.2) is 8.42 Å². The molecule has 1 fully saturated rings. The van der Waals surface area contributed by atoms with Crippen LogP contribution >= 0.6 is 0 Å². The molecule has 0 radical (unpaired) electrons. The molecule has 2 heterocycles. The van der Waals surface area contributed by atoms with E-state index in [4.69, 9.17) is 4.74 Å². The van der Waals surface area contributed by atoms with Crippen LogP contribution < -0.4 is 4.74 Å². The standard InChI is InChI=1S/C21H22N2O4S/c1-27-17-4-6-18(7-5-17)28(25,26)19-9-12-23(13-10-19)21(24)16-3-2-15-8-11-22-20(15)14-16/h2-8,11,14,19,22H,9-10,12-13H2,1H3. The molecule has 7 heteroatoms. The zero-order valence-electron chi connectivity index (χ0n) is 15.6. The van der Waals surface area contributed by atoms with Crippen molar-refractivity contribution in [3.05, 3.63) is 60.3 Å². The van der Waals surface area contributed by atoms with Crippen LogP contribution in [0.5, 0.6) is 5.75 Å². The minimum absolute atomic E-state index is 0.0585. The van der Waals surface area contributed by atoms with E-state index in [9.17, 15) is 13.2 Å². The number of methoxy groups -OCH3 is 1. The number of hydrogen-bond donors (Lipinski definition) is 1. The molecular weight excluding hydrogens is 376 g/mol.